The number of thioether (sulfide) groups is 1. The molecule has 0 spiro atoms. The molecule has 0 aliphatic rings. The van der Waals surface area contributed by atoms with E-state index in [2.05, 4.69) is 5.10 Å². The number of rotatable bonds is 1. The third-order valence-electron chi connectivity index (χ3n) is 0.973. The summed E-state index contributed by atoms with van der Waals surface area (Å²) in [5.41, 5.74) is 0. The molecule has 4 heteroatoms. The Hall–Kier alpha value is -0.150. The van der Waals surface area contributed by atoms with Gasteiger partial charge in [-0.2, -0.15) is 5.10 Å². The van der Waals surface area contributed by atoms with Crippen LogP contribution >= 0.6 is 23.4 Å². The third-order valence-corrected chi connectivity index (χ3v) is 2.10. The fraction of sp³-hybridized carbons (Fsp3) is 0.400. The molecule has 0 unspecified atom stereocenters. The molecule has 0 bridgehead atoms. The van der Waals surface area contributed by atoms with Crippen LogP contribution in [0, 0.1) is 0 Å². The molecule has 0 saturated carbocycles. The van der Waals surface area contributed by atoms with E-state index in [1.54, 1.807) is 16.4 Å². The van der Waals surface area contributed by atoms with E-state index in [1.807, 2.05) is 19.5 Å². The SMILES string of the molecule is CSc1cn(C)nc1Cl. The van der Waals surface area contributed by atoms with Crippen molar-refractivity contribution in [2.45, 2.75) is 4.90 Å². The summed E-state index contributed by atoms with van der Waals surface area (Å²) in [4.78, 5) is 1.03. The summed E-state index contributed by atoms with van der Waals surface area (Å²) in [5, 5.41) is 4.53. The highest BCUT2D eigenvalue weighted by molar-refractivity contribution is 7.98. The maximum Gasteiger partial charge on any atom is 0.164 e. The molecular weight excluding hydrogens is 156 g/mol. The van der Waals surface area contributed by atoms with E-state index < -0.39 is 0 Å². The molecule has 1 rings (SSSR count). The molecule has 0 fully saturated rings. The summed E-state index contributed by atoms with van der Waals surface area (Å²) in [6.07, 6.45) is 3.87. The molecule has 0 atom stereocenters. The predicted molar refractivity (Wildman–Crippen MR) is 40.0 cm³/mol. The standard InChI is InChI=1S/C5H7ClN2S/c1-8-3-4(9-2)5(6)7-8/h3H,1-2H3. The van der Waals surface area contributed by atoms with E-state index in [4.69, 9.17) is 11.6 Å². The summed E-state index contributed by atoms with van der Waals surface area (Å²) in [5.74, 6) is 0. The molecular formula is C5H7ClN2S. The minimum Gasteiger partial charge on any atom is -0.273 e. The highest BCUT2D eigenvalue weighted by Crippen LogP contribution is 2.22. The van der Waals surface area contributed by atoms with Gasteiger partial charge in [0.15, 0.2) is 5.15 Å². The summed E-state index contributed by atoms with van der Waals surface area (Å²) >= 11 is 7.29. The number of halogens is 1. The van der Waals surface area contributed by atoms with E-state index in [9.17, 15) is 0 Å². The molecule has 2 nitrogen and oxygen atoms in total. The van der Waals surface area contributed by atoms with Crippen LogP contribution in [-0.2, 0) is 7.05 Å². The van der Waals surface area contributed by atoms with Crippen LogP contribution in [0.3, 0.4) is 0 Å². The molecule has 0 aliphatic heterocycles. The van der Waals surface area contributed by atoms with Crippen molar-refractivity contribution >= 4 is 23.4 Å². The van der Waals surface area contributed by atoms with Crippen LogP contribution in [0.25, 0.3) is 0 Å². The zero-order chi connectivity index (χ0) is 6.85. The summed E-state index contributed by atoms with van der Waals surface area (Å²) in [7, 11) is 1.85. The van der Waals surface area contributed by atoms with Gasteiger partial charge >= 0.3 is 0 Å². The highest BCUT2D eigenvalue weighted by atomic mass is 35.5. The molecule has 0 radical (unpaired) electrons. The first-order chi connectivity index (χ1) is 4.24. The van der Waals surface area contributed by atoms with Gasteiger partial charge in [-0.3, -0.25) is 4.68 Å². The zero-order valence-electron chi connectivity index (χ0n) is 5.26. The lowest BCUT2D eigenvalue weighted by atomic mass is 10.7. The van der Waals surface area contributed by atoms with Crippen LogP contribution in [0.2, 0.25) is 5.15 Å². The molecule has 0 saturated heterocycles. The third kappa shape index (κ3) is 1.40. The van der Waals surface area contributed by atoms with E-state index >= 15 is 0 Å². The Labute approximate surface area is 63.2 Å². The zero-order valence-corrected chi connectivity index (χ0v) is 6.83. The first kappa shape index (κ1) is 6.96. The maximum atomic E-state index is 5.69. The van der Waals surface area contributed by atoms with Crippen LogP contribution in [0.15, 0.2) is 11.1 Å². The van der Waals surface area contributed by atoms with Crippen molar-refractivity contribution in [3.05, 3.63) is 11.3 Å². The first-order valence-electron chi connectivity index (χ1n) is 2.47. The first-order valence-corrected chi connectivity index (χ1v) is 4.07. The lowest BCUT2D eigenvalue weighted by Crippen LogP contribution is -1.84. The molecule has 0 N–H and O–H groups in total. The average Bonchev–Trinajstić information content (AvgIpc) is 2.10. The van der Waals surface area contributed by atoms with Crippen molar-refractivity contribution in [2.24, 2.45) is 7.05 Å². The van der Waals surface area contributed by atoms with Crippen molar-refractivity contribution in [1.29, 1.82) is 0 Å². The van der Waals surface area contributed by atoms with Gasteiger partial charge in [-0.05, 0) is 6.26 Å². The van der Waals surface area contributed by atoms with E-state index in [0.29, 0.717) is 5.15 Å². The van der Waals surface area contributed by atoms with E-state index in [0.717, 1.165) is 4.90 Å². The second-order valence-corrected chi connectivity index (χ2v) is 2.87. The fourth-order valence-corrected chi connectivity index (χ4v) is 1.44. The Balaban J connectivity index is 3.01. The quantitative estimate of drug-likeness (QED) is 0.586. The second kappa shape index (κ2) is 2.62. The predicted octanol–water partition coefficient (Wildman–Crippen LogP) is 1.80. The molecule has 1 heterocycles. The highest BCUT2D eigenvalue weighted by Gasteiger charge is 2.00. The van der Waals surface area contributed by atoms with Crippen LogP contribution in [0.4, 0.5) is 0 Å². The topological polar surface area (TPSA) is 17.8 Å². The molecule has 9 heavy (non-hydrogen) atoms. The average molecular weight is 163 g/mol. The molecule has 0 amide bonds. The minimum atomic E-state index is 0.588. The van der Waals surface area contributed by atoms with Crippen molar-refractivity contribution in [1.82, 2.24) is 9.78 Å². The number of hydrogen-bond acceptors (Lipinski definition) is 2. The lowest BCUT2D eigenvalue weighted by Gasteiger charge is -1.83. The Kier molecular flexibility index (Phi) is 2.03. The Morgan fingerprint density at radius 3 is 2.67 bits per heavy atom. The summed E-state index contributed by atoms with van der Waals surface area (Å²) < 4.78 is 1.70. The summed E-state index contributed by atoms with van der Waals surface area (Å²) in [6, 6.07) is 0. The van der Waals surface area contributed by atoms with E-state index in [-0.39, 0.29) is 0 Å². The van der Waals surface area contributed by atoms with Gasteiger partial charge in [0.05, 0.1) is 4.90 Å². The van der Waals surface area contributed by atoms with Gasteiger partial charge in [-0.25, -0.2) is 0 Å². The largest absolute Gasteiger partial charge is 0.273 e. The molecule has 50 valence electrons. The Bertz CT molecular complexity index is 209. The van der Waals surface area contributed by atoms with Gasteiger partial charge in [0.25, 0.3) is 0 Å². The van der Waals surface area contributed by atoms with Crippen molar-refractivity contribution < 1.29 is 0 Å². The monoisotopic (exact) mass is 162 g/mol. The van der Waals surface area contributed by atoms with Gasteiger partial charge in [0, 0.05) is 13.2 Å². The van der Waals surface area contributed by atoms with Crippen molar-refractivity contribution in [2.75, 3.05) is 6.26 Å². The number of nitrogens with zero attached hydrogens (tertiary/aromatic N) is 2. The van der Waals surface area contributed by atoms with Crippen LogP contribution in [0.1, 0.15) is 0 Å². The normalized spacial score (nSPS) is 10.1. The van der Waals surface area contributed by atoms with Crippen molar-refractivity contribution in [3.63, 3.8) is 0 Å². The Morgan fingerprint density at radius 2 is 2.44 bits per heavy atom. The second-order valence-electron chi connectivity index (χ2n) is 1.66. The van der Waals surface area contributed by atoms with Gasteiger partial charge in [0.2, 0.25) is 0 Å². The van der Waals surface area contributed by atoms with Gasteiger partial charge in [-0.1, -0.05) is 11.6 Å². The number of hydrogen-bond donors (Lipinski definition) is 0. The molecule has 1 aromatic rings. The number of aromatic nitrogens is 2. The number of aryl methyl sites for hydroxylation is 1. The maximum absolute atomic E-state index is 5.69. The minimum absolute atomic E-state index is 0.588. The smallest absolute Gasteiger partial charge is 0.164 e. The van der Waals surface area contributed by atoms with Crippen LogP contribution in [0.5, 0.6) is 0 Å². The molecule has 1 aromatic heterocycles. The van der Waals surface area contributed by atoms with Gasteiger partial charge < -0.3 is 0 Å². The Morgan fingerprint density at radius 1 is 1.78 bits per heavy atom. The van der Waals surface area contributed by atoms with E-state index in [1.165, 1.54) is 0 Å². The molecule has 0 aromatic carbocycles. The van der Waals surface area contributed by atoms with Crippen LogP contribution < -0.4 is 0 Å². The fourth-order valence-electron chi connectivity index (χ4n) is 0.577. The lowest BCUT2D eigenvalue weighted by molar-refractivity contribution is 0.767. The van der Waals surface area contributed by atoms with Gasteiger partial charge in [-0.15, -0.1) is 11.8 Å². The van der Waals surface area contributed by atoms with Crippen LogP contribution in [-0.4, -0.2) is 16.0 Å². The van der Waals surface area contributed by atoms with Crippen molar-refractivity contribution in [3.8, 4) is 0 Å². The molecule has 0 aliphatic carbocycles. The van der Waals surface area contributed by atoms with Gasteiger partial charge in [0.1, 0.15) is 0 Å². The summed E-state index contributed by atoms with van der Waals surface area (Å²) in [6.45, 7) is 0.